The third-order valence-corrected chi connectivity index (χ3v) is 3.14. The van der Waals surface area contributed by atoms with Crippen LogP contribution in [0.15, 0.2) is 5.18 Å². The Balaban J connectivity index is 3.04. The van der Waals surface area contributed by atoms with Gasteiger partial charge in [0.2, 0.25) is 0 Å². The number of hydrogen-bond donors (Lipinski definition) is 0. The van der Waals surface area contributed by atoms with Crippen LogP contribution in [0.1, 0.15) is 20.8 Å². The molecule has 1 rings (SSSR count). The van der Waals surface area contributed by atoms with Gasteiger partial charge in [0.25, 0.3) is 0 Å². The van der Waals surface area contributed by atoms with Gasteiger partial charge >= 0.3 is 17.9 Å². The summed E-state index contributed by atoms with van der Waals surface area (Å²) in [5, 5.41) is 2.77. The molecule has 22 heavy (non-hydrogen) atoms. The Kier molecular flexibility index (Phi) is 6.69. The number of hydrogen-bond acceptors (Lipinski definition) is 9. The Morgan fingerprint density at radius 1 is 1.05 bits per heavy atom. The lowest BCUT2D eigenvalue weighted by Gasteiger charge is -2.40. The van der Waals surface area contributed by atoms with Gasteiger partial charge in [0.15, 0.2) is 23.8 Å². The van der Waals surface area contributed by atoms with Crippen LogP contribution in [0.25, 0.3) is 0 Å². The highest BCUT2D eigenvalue weighted by molar-refractivity contribution is 6.20. The lowest BCUT2D eigenvalue weighted by atomic mass is 9.98. The second kappa shape index (κ2) is 8.04. The lowest BCUT2D eigenvalue weighted by Crippen LogP contribution is -2.59. The quantitative estimate of drug-likeness (QED) is 0.308. The van der Waals surface area contributed by atoms with E-state index in [0.29, 0.717) is 0 Å². The Morgan fingerprint density at radius 2 is 1.59 bits per heavy atom. The zero-order valence-electron chi connectivity index (χ0n) is 12.2. The van der Waals surface area contributed by atoms with Crippen LogP contribution in [0.2, 0.25) is 0 Å². The Bertz CT molecular complexity index is 456. The van der Waals surface area contributed by atoms with Crippen LogP contribution < -0.4 is 0 Å². The molecule has 10 heteroatoms. The van der Waals surface area contributed by atoms with Crippen molar-refractivity contribution in [3.05, 3.63) is 4.91 Å². The van der Waals surface area contributed by atoms with Crippen LogP contribution in [-0.4, -0.2) is 54.4 Å². The van der Waals surface area contributed by atoms with Crippen molar-refractivity contribution in [2.24, 2.45) is 5.18 Å². The first-order valence-corrected chi connectivity index (χ1v) is 6.79. The largest absolute Gasteiger partial charge is 0.463 e. The van der Waals surface area contributed by atoms with Crippen molar-refractivity contribution in [1.29, 1.82) is 0 Å². The van der Waals surface area contributed by atoms with E-state index in [9.17, 15) is 19.3 Å². The first kappa shape index (κ1) is 18.3. The van der Waals surface area contributed by atoms with Gasteiger partial charge in [-0.1, -0.05) is 16.8 Å². The normalized spacial score (nSPS) is 31.0. The Labute approximate surface area is 131 Å². The molecule has 0 spiro atoms. The van der Waals surface area contributed by atoms with Crippen LogP contribution in [0.4, 0.5) is 0 Å². The van der Waals surface area contributed by atoms with Crippen molar-refractivity contribution in [3.63, 3.8) is 0 Å². The number of nitrogens with zero attached hydrogens (tertiary/aromatic N) is 1. The highest BCUT2D eigenvalue weighted by Crippen LogP contribution is 2.30. The molecule has 0 bridgehead atoms. The molecule has 0 unspecified atom stereocenters. The predicted octanol–water partition coefficient (Wildman–Crippen LogP) is 0.512. The summed E-state index contributed by atoms with van der Waals surface area (Å²) in [6.45, 7) is 3.14. The number of esters is 3. The minimum absolute atomic E-state index is 0.292. The number of nitroso groups, excluding NO2 is 1. The minimum atomic E-state index is -1.27. The fourth-order valence-corrected chi connectivity index (χ4v) is 2.31. The lowest BCUT2D eigenvalue weighted by molar-refractivity contribution is -0.209. The first-order valence-electron chi connectivity index (χ1n) is 6.36. The number of carbonyl (C=O) groups is 3. The van der Waals surface area contributed by atoms with Crippen molar-refractivity contribution in [1.82, 2.24) is 0 Å². The van der Waals surface area contributed by atoms with Gasteiger partial charge in [-0.15, -0.1) is 0 Å². The molecular formula is C12H16ClNO8. The van der Waals surface area contributed by atoms with Gasteiger partial charge in [-0.05, 0) is 0 Å². The maximum Gasteiger partial charge on any atom is 0.303 e. The number of carbonyl (C=O) groups excluding carboxylic acids is 3. The summed E-state index contributed by atoms with van der Waals surface area (Å²) in [6.07, 6.45) is -3.42. The van der Waals surface area contributed by atoms with Crippen molar-refractivity contribution < 1.29 is 33.3 Å². The van der Waals surface area contributed by atoms with Crippen LogP contribution in [0.3, 0.4) is 0 Å². The fourth-order valence-electron chi connectivity index (χ4n) is 1.98. The van der Waals surface area contributed by atoms with Crippen molar-refractivity contribution in [3.8, 4) is 0 Å². The highest BCUT2D eigenvalue weighted by atomic mass is 35.5. The molecule has 9 nitrogen and oxygen atoms in total. The summed E-state index contributed by atoms with van der Waals surface area (Å²) in [5.41, 5.74) is -1.23. The van der Waals surface area contributed by atoms with Gasteiger partial charge in [-0.2, -0.15) is 4.91 Å². The van der Waals surface area contributed by atoms with Crippen molar-refractivity contribution in [2.75, 3.05) is 6.61 Å². The van der Waals surface area contributed by atoms with Gasteiger partial charge in [0.1, 0.15) is 12.7 Å². The molecule has 0 aromatic rings. The van der Waals surface area contributed by atoms with E-state index in [-0.39, 0.29) is 6.61 Å². The van der Waals surface area contributed by atoms with Gasteiger partial charge < -0.3 is 18.9 Å². The summed E-state index contributed by atoms with van der Waals surface area (Å²) in [4.78, 5) is 44.3. The van der Waals surface area contributed by atoms with E-state index < -0.39 is 47.8 Å². The molecule has 1 aliphatic heterocycles. The summed E-state index contributed by atoms with van der Waals surface area (Å²) >= 11 is 5.88. The maximum absolute atomic E-state index is 11.2. The summed E-state index contributed by atoms with van der Waals surface area (Å²) in [7, 11) is 0. The highest BCUT2D eigenvalue weighted by Gasteiger charge is 2.50. The van der Waals surface area contributed by atoms with Crippen LogP contribution in [-0.2, 0) is 33.3 Å². The topological polar surface area (TPSA) is 118 Å². The monoisotopic (exact) mass is 337 g/mol. The predicted molar refractivity (Wildman–Crippen MR) is 71.8 cm³/mol. The summed E-state index contributed by atoms with van der Waals surface area (Å²) in [6, 6.07) is -1.27. The third-order valence-electron chi connectivity index (χ3n) is 2.78. The average molecular weight is 338 g/mol. The molecule has 0 aliphatic carbocycles. The van der Waals surface area contributed by atoms with E-state index in [4.69, 9.17) is 30.5 Å². The molecule has 1 fully saturated rings. The number of ether oxygens (including phenoxy) is 4. The average Bonchev–Trinajstić information content (AvgIpc) is 2.39. The molecule has 5 atom stereocenters. The molecule has 0 aromatic heterocycles. The number of rotatable bonds is 5. The van der Waals surface area contributed by atoms with Crippen LogP contribution in [0.5, 0.6) is 0 Å². The van der Waals surface area contributed by atoms with E-state index in [1.54, 1.807) is 0 Å². The fraction of sp³-hybridized carbons (Fsp3) is 0.750. The number of halogens is 1. The zero-order chi connectivity index (χ0) is 16.9. The van der Waals surface area contributed by atoms with E-state index in [1.807, 2.05) is 0 Å². The zero-order valence-corrected chi connectivity index (χ0v) is 12.9. The molecule has 1 heterocycles. The molecular weight excluding hydrogens is 322 g/mol. The second-order valence-electron chi connectivity index (χ2n) is 4.57. The molecule has 0 amide bonds. The summed E-state index contributed by atoms with van der Waals surface area (Å²) in [5.74, 6) is -2.00. The standard InChI is InChI=1S/C12H16ClNO8/c1-5(15)19-4-8-10(20-6(2)16)11(21-7(3)17)9(14-18)12(13)22-8/h8-12H,4H2,1-3H3/t8-,9+,10-,11-,12+/m1/s1. The van der Waals surface area contributed by atoms with Crippen molar-refractivity contribution >= 4 is 29.5 Å². The van der Waals surface area contributed by atoms with Crippen LogP contribution in [0, 0.1) is 4.91 Å². The molecule has 0 N–H and O–H groups in total. The second-order valence-corrected chi connectivity index (χ2v) is 5.00. The number of alkyl halides is 1. The Morgan fingerprint density at radius 3 is 2.05 bits per heavy atom. The molecule has 1 aliphatic rings. The molecule has 0 radical (unpaired) electrons. The van der Waals surface area contributed by atoms with Gasteiger partial charge in [-0.3, -0.25) is 14.4 Å². The smallest absolute Gasteiger partial charge is 0.303 e. The molecule has 124 valence electrons. The molecule has 0 saturated carbocycles. The van der Waals surface area contributed by atoms with E-state index in [0.717, 1.165) is 13.8 Å². The maximum atomic E-state index is 11.2. The SMILES string of the molecule is CC(=O)OC[C@H]1O[C@H](Cl)[C@@H](N=O)[C@@H](OC(C)=O)[C@@H]1OC(C)=O. The summed E-state index contributed by atoms with van der Waals surface area (Å²) < 4.78 is 20.1. The Hall–Kier alpha value is -1.74. The van der Waals surface area contributed by atoms with Gasteiger partial charge in [-0.25, -0.2) is 0 Å². The van der Waals surface area contributed by atoms with Gasteiger partial charge in [0, 0.05) is 20.8 Å². The third kappa shape index (κ3) is 4.92. The van der Waals surface area contributed by atoms with E-state index in [1.165, 1.54) is 6.92 Å². The molecule has 0 aromatic carbocycles. The first-order chi connectivity index (χ1) is 10.3. The van der Waals surface area contributed by atoms with E-state index in [2.05, 4.69) is 5.18 Å². The van der Waals surface area contributed by atoms with Gasteiger partial charge in [0.05, 0.1) is 0 Å². The molecule has 1 saturated heterocycles. The van der Waals surface area contributed by atoms with Crippen molar-refractivity contribution in [2.45, 2.75) is 50.7 Å². The van der Waals surface area contributed by atoms with E-state index >= 15 is 0 Å². The van der Waals surface area contributed by atoms with Crippen LogP contribution >= 0.6 is 11.6 Å². The minimum Gasteiger partial charge on any atom is -0.463 e.